The Morgan fingerprint density at radius 3 is 2.31 bits per heavy atom. The fraction of sp³-hybridized carbons (Fsp3) is 0.214. The summed E-state index contributed by atoms with van der Waals surface area (Å²) in [6.45, 7) is 0. The van der Waals surface area contributed by atoms with Crippen LogP contribution in [0.25, 0.3) is 28.2 Å². The standard InChI is InChI=1S/C28H26FN7/c29-23-16-32-28(34-22-12-10-21(11-13-22)33-25-8-4-5-15-30-25)35-27(23)24-17-31-26-14-9-20(18-36(24)26)19-6-2-1-3-7-19/h1-9,14-18,21-22H,10-13H2,(H,30,33)(H,32,34,35). The molecule has 180 valence electrons. The molecular weight excluding hydrogens is 453 g/mol. The Kier molecular flexibility index (Phi) is 5.99. The van der Waals surface area contributed by atoms with E-state index in [2.05, 4.69) is 30.6 Å². The van der Waals surface area contributed by atoms with Crippen LogP contribution in [-0.4, -0.2) is 36.4 Å². The number of nitrogens with zero attached hydrogens (tertiary/aromatic N) is 5. The average Bonchev–Trinajstić information content (AvgIpc) is 3.35. The van der Waals surface area contributed by atoms with Crippen LogP contribution in [0.5, 0.6) is 0 Å². The topological polar surface area (TPSA) is 80.0 Å². The highest BCUT2D eigenvalue weighted by atomic mass is 19.1. The molecule has 1 fully saturated rings. The molecule has 0 bridgehead atoms. The van der Waals surface area contributed by atoms with E-state index in [0.717, 1.165) is 48.3 Å². The fourth-order valence-corrected chi connectivity index (χ4v) is 4.80. The summed E-state index contributed by atoms with van der Waals surface area (Å²) in [6, 6.07) is 20.5. The number of anilines is 2. The number of fused-ring (bicyclic) bond motifs is 1. The van der Waals surface area contributed by atoms with Crippen LogP contribution in [0.15, 0.2) is 85.5 Å². The molecule has 0 atom stereocenters. The molecule has 0 saturated heterocycles. The van der Waals surface area contributed by atoms with Gasteiger partial charge in [-0.3, -0.25) is 4.40 Å². The normalized spacial score (nSPS) is 17.7. The minimum absolute atomic E-state index is 0.232. The van der Waals surface area contributed by atoms with Crippen molar-refractivity contribution in [2.75, 3.05) is 10.6 Å². The third-order valence-electron chi connectivity index (χ3n) is 6.68. The molecule has 0 spiro atoms. The summed E-state index contributed by atoms with van der Waals surface area (Å²) in [5.74, 6) is 0.862. The SMILES string of the molecule is Fc1cnc(NC2CCC(Nc3ccccn3)CC2)nc1-c1cnc2ccc(-c3ccccc3)cn12. The van der Waals surface area contributed by atoms with E-state index in [1.54, 1.807) is 12.4 Å². The molecule has 5 aromatic rings. The molecule has 0 radical (unpaired) electrons. The highest BCUT2D eigenvalue weighted by molar-refractivity contribution is 5.68. The first kappa shape index (κ1) is 22.2. The Balaban J connectivity index is 1.19. The van der Waals surface area contributed by atoms with E-state index in [9.17, 15) is 4.39 Å². The fourth-order valence-electron chi connectivity index (χ4n) is 4.80. The van der Waals surface area contributed by atoms with Crippen molar-refractivity contribution in [1.82, 2.24) is 24.3 Å². The van der Waals surface area contributed by atoms with Gasteiger partial charge >= 0.3 is 0 Å². The Morgan fingerprint density at radius 2 is 1.53 bits per heavy atom. The van der Waals surface area contributed by atoms with Crippen LogP contribution in [0.3, 0.4) is 0 Å². The summed E-state index contributed by atoms with van der Waals surface area (Å²) in [4.78, 5) is 17.6. The van der Waals surface area contributed by atoms with E-state index in [-0.39, 0.29) is 11.7 Å². The largest absolute Gasteiger partial charge is 0.367 e. The molecule has 7 nitrogen and oxygen atoms in total. The summed E-state index contributed by atoms with van der Waals surface area (Å²) in [5.41, 5.74) is 3.66. The van der Waals surface area contributed by atoms with E-state index < -0.39 is 5.82 Å². The zero-order valence-electron chi connectivity index (χ0n) is 19.7. The van der Waals surface area contributed by atoms with E-state index in [0.29, 0.717) is 17.7 Å². The number of aromatic nitrogens is 5. The molecule has 4 heterocycles. The van der Waals surface area contributed by atoms with Gasteiger partial charge in [0.1, 0.15) is 17.2 Å². The molecule has 8 heteroatoms. The van der Waals surface area contributed by atoms with Gasteiger partial charge in [-0.15, -0.1) is 0 Å². The summed E-state index contributed by atoms with van der Waals surface area (Å²) >= 11 is 0. The molecule has 4 aromatic heterocycles. The highest BCUT2D eigenvalue weighted by Gasteiger charge is 2.23. The van der Waals surface area contributed by atoms with E-state index in [1.807, 2.05) is 71.3 Å². The van der Waals surface area contributed by atoms with E-state index in [1.165, 1.54) is 6.20 Å². The van der Waals surface area contributed by atoms with Crippen molar-refractivity contribution in [2.24, 2.45) is 0 Å². The van der Waals surface area contributed by atoms with Gasteiger partial charge in [0, 0.05) is 24.5 Å². The zero-order valence-corrected chi connectivity index (χ0v) is 19.7. The second kappa shape index (κ2) is 9.73. The van der Waals surface area contributed by atoms with Crippen LogP contribution >= 0.6 is 0 Å². The molecule has 0 unspecified atom stereocenters. The van der Waals surface area contributed by atoms with Crippen molar-refractivity contribution in [2.45, 2.75) is 37.8 Å². The van der Waals surface area contributed by atoms with Gasteiger partial charge in [0.15, 0.2) is 5.82 Å². The maximum absolute atomic E-state index is 14.9. The van der Waals surface area contributed by atoms with Crippen LogP contribution in [0.2, 0.25) is 0 Å². The number of halogens is 1. The Bertz CT molecular complexity index is 1460. The van der Waals surface area contributed by atoms with E-state index >= 15 is 0 Å². The van der Waals surface area contributed by atoms with Crippen molar-refractivity contribution in [3.63, 3.8) is 0 Å². The van der Waals surface area contributed by atoms with Gasteiger partial charge in [-0.25, -0.2) is 24.3 Å². The monoisotopic (exact) mass is 479 g/mol. The third-order valence-corrected chi connectivity index (χ3v) is 6.68. The van der Waals surface area contributed by atoms with Gasteiger partial charge in [0.05, 0.1) is 18.1 Å². The molecule has 2 N–H and O–H groups in total. The molecule has 36 heavy (non-hydrogen) atoms. The zero-order chi connectivity index (χ0) is 24.3. The van der Waals surface area contributed by atoms with Gasteiger partial charge in [0.25, 0.3) is 0 Å². The second-order valence-electron chi connectivity index (χ2n) is 9.10. The number of hydrogen-bond donors (Lipinski definition) is 2. The lowest BCUT2D eigenvalue weighted by atomic mass is 9.91. The quantitative estimate of drug-likeness (QED) is 0.319. The van der Waals surface area contributed by atoms with Crippen molar-refractivity contribution in [1.29, 1.82) is 0 Å². The first-order valence-corrected chi connectivity index (χ1v) is 12.2. The predicted molar refractivity (Wildman–Crippen MR) is 139 cm³/mol. The van der Waals surface area contributed by atoms with Crippen LogP contribution in [0.4, 0.5) is 16.2 Å². The minimum Gasteiger partial charge on any atom is -0.367 e. The van der Waals surface area contributed by atoms with Crippen LogP contribution in [0, 0.1) is 5.82 Å². The maximum Gasteiger partial charge on any atom is 0.223 e. The van der Waals surface area contributed by atoms with Crippen LogP contribution in [-0.2, 0) is 0 Å². The Hall–Kier alpha value is -4.33. The molecule has 6 rings (SSSR count). The molecule has 1 aliphatic rings. The molecule has 1 aromatic carbocycles. The van der Waals surface area contributed by atoms with Crippen molar-refractivity contribution < 1.29 is 4.39 Å². The van der Waals surface area contributed by atoms with Gasteiger partial charge in [0.2, 0.25) is 5.95 Å². The molecule has 0 amide bonds. The van der Waals surface area contributed by atoms with Gasteiger partial charge in [-0.2, -0.15) is 0 Å². The number of imidazole rings is 1. The smallest absolute Gasteiger partial charge is 0.223 e. The van der Waals surface area contributed by atoms with Crippen molar-refractivity contribution in [3.8, 4) is 22.5 Å². The molecule has 1 aliphatic carbocycles. The van der Waals surface area contributed by atoms with Gasteiger partial charge in [-0.1, -0.05) is 36.4 Å². The number of hydrogen-bond acceptors (Lipinski definition) is 6. The molecule has 0 aliphatic heterocycles. The highest BCUT2D eigenvalue weighted by Crippen LogP contribution is 2.28. The van der Waals surface area contributed by atoms with Gasteiger partial charge < -0.3 is 10.6 Å². The Labute approximate surface area is 208 Å². The first-order valence-electron chi connectivity index (χ1n) is 12.2. The van der Waals surface area contributed by atoms with E-state index in [4.69, 9.17) is 0 Å². The molecule has 1 saturated carbocycles. The summed E-state index contributed by atoms with van der Waals surface area (Å²) in [6.07, 6.45) is 10.6. The lowest BCUT2D eigenvalue weighted by molar-refractivity contribution is 0.426. The van der Waals surface area contributed by atoms with Gasteiger partial charge in [-0.05, 0) is 61.1 Å². The summed E-state index contributed by atoms with van der Waals surface area (Å²) in [7, 11) is 0. The predicted octanol–water partition coefficient (Wildman–Crippen LogP) is 5.83. The van der Waals surface area contributed by atoms with Crippen molar-refractivity contribution >= 4 is 17.4 Å². The number of rotatable bonds is 6. The molecular formula is C28H26FN7. The lowest BCUT2D eigenvalue weighted by Gasteiger charge is -2.30. The number of pyridine rings is 2. The third kappa shape index (κ3) is 4.62. The summed E-state index contributed by atoms with van der Waals surface area (Å²) < 4.78 is 16.8. The first-order chi connectivity index (χ1) is 17.7. The lowest BCUT2D eigenvalue weighted by Crippen LogP contribution is -2.33. The average molecular weight is 480 g/mol. The van der Waals surface area contributed by atoms with Crippen LogP contribution in [0.1, 0.15) is 25.7 Å². The van der Waals surface area contributed by atoms with Crippen LogP contribution < -0.4 is 10.6 Å². The van der Waals surface area contributed by atoms with Crippen molar-refractivity contribution in [3.05, 3.63) is 91.3 Å². The number of nitrogens with one attached hydrogen (secondary N) is 2. The number of benzene rings is 1. The minimum atomic E-state index is -0.476. The second-order valence-corrected chi connectivity index (χ2v) is 9.10. The maximum atomic E-state index is 14.9. The summed E-state index contributed by atoms with van der Waals surface area (Å²) in [5, 5.41) is 6.92. The Morgan fingerprint density at radius 1 is 0.750 bits per heavy atom.